The van der Waals surface area contributed by atoms with Crippen LogP contribution in [0.25, 0.3) is 0 Å². The summed E-state index contributed by atoms with van der Waals surface area (Å²) in [6.07, 6.45) is 6.76. The highest BCUT2D eigenvalue weighted by Gasteiger charge is 2.51. The van der Waals surface area contributed by atoms with Gasteiger partial charge in [-0.3, -0.25) is 14.4 Å². The molecule has 3 aliphatic rings. The van der Waals surface area contributed by atoms with Crippen molar-refractivity contribution in [3.63, 3.8) is 0 Å². The molecule has 0 radical (unpaired) electrons. The van der Waals surface area contributed by atoms with Crippen molar-refractivity contribution in [2.75, 3.05) is 39.4 Å². The normalized spacial score (nSPS) is 30.5. The Morgan fingerprint density at radius 1 is 1.32 bits per heavy atom. The summed E-state index contributed by atoms with van der Waals surface area (Å²) in [4.78, 5) is 17.7. The van der Waals surface area contributed by atoms with E-state index in [-0.39, 0.29) is 11.3 Å². The Hall–Kier alpha value is -1.40. The summed E-state index contributed by atoms with van der Waals surface area (Å²) in [6, 6.07) is 0. The number of carbonyl (C=O) groups excluding carboxylic acids is 1. The zero-order chi connectivity index (χ0) is 17.4. The van der Waals surface area contributed by atoms with Crippen molar-refractivity contribution in [2.45, 2.75) is 39.2 Å². The highest BCUT2D eigenvalue weighted by Crippen LogP contribution is 2.50. The number of rotatable bonds is 3. The molecule has 25 heavy (non-hydrogen) atoms. The van der Waals surface area contributed by atoms with Gasteiger partial charge in [-0.25, -0.2) is 0 Å². The second-order valence-electron chi connectivity index (χ2n) is 8.12. The summed E-state index contributed by atoms with van der Waals surface area (Å²) in [5.74, 6) is 0.603. The lowest BCUT2D eigenvalue weighted by Crippen LogP contribution is -2.47. The van der Waals surface area contributed by atoms with E-state index in [9.17, 15) is 4.79 Å². The van der Waals surface area contributed by atoms with Gasteiger partial charge in [-0.05, 0) is 38.1 Å². The molecular formula is C19H30N4O2. The number of nitrogens with zero attached hydrogens (tertiary/aromatic N) is 4. The van der Waals surface area contributed by atoms with Gasteiger partial charge in [0, 0.05) is 50.9 Å². The summed E-state index contributed by atoms with van der Waals surface area (Å²) in [5, 5.41) is 4.46. The molecule has 138 valence electrons. The molecule has 1 saturated carbocycles. The molecule has 0 unspecified atom stereocenters. The first-order valence-electron chi connectivity index (χ1n) is 9.65. The second kappa shape index (κ2) is 6.72. The van der Waals surface area contributed by atoms with Crippen LogP contribution in [0.3, 0.4) is 0 Å². The Morgan fingerprint density at radius 2 is 2.12 bits per heavy atom. The second-order valence-corrected chi connectivity index (χ2v) is 8.12. The first kappa shape index (κ1) is 17.0. The maximum atomic E-state index is 13.1. The maximum absolute atomic E-state index is 13.1. The minimum atomic E-state index is 0.200. The van der Waals surface area contributed by atoms with E-state index >= 15 is 0 Å². The molecule has 1 aromatic rings. The summed E-state index contributed by atoms with van der Waals surface area (Å²) < 4.78 is 7.32. The topological polar surface area (TPSA) is 50.6 Å². The van der Waals surface area contributed by atoms with Gasteiger partial charge >= 0.3 is 0 Å². The van der Waals surface area contributed by atoms with Crippen molar-refractivity contribution in [2.24, 2.45) is 18.4 Å². The van der Waals surface area contributed by atoms with Crippen LogP contribution >= 0.6 is 0 Å². The summed E-state index contributed by atoms with van der Waals surface area (Å²) in [6.45, 7) is 8.12. The number of hydrogen-bond donors (Lipinski definition) is 0. The lowest BCUT2D eigenvalue weighted by Gasteiger charge is -2.36. The SMILES string of the molecule is Cc1nn(C)cc1CN1CC[C@@]2(CCC[C@H]2C(=O)N2CCOCC2)C1. The summed E-state index contributed by atoms with van der Waals surface area (Å²) in [5.41, 5.74) is 2.63. The van der Waals surface area contributed by atoms with Crippen LogP contribution in [0.1, 0.15) is 36.9 Å². The van der Waals surface area contributed by atoms with Crippen LogP contribution < -0.4 is 0 Å². The lowest BCUT2D eigenvalue weighted by molar-refractivity contribution is -0.143. The zero-order valence-electron chi connectivity index (χ0n) is 15.5. The molecule has 6 nitrogen and oxygen atoms in total. The fraction of sp³-hybridized carbons (Fsp3) is 0.789. The minimum Gasteiger partial charge on any atom is -0.378 e. The molecule has 0 aromatic carbocycles. The van der Waals surface area contributed by atoms with Gasteiger partial charge in [-0.2, -0.15) is 5.10 Å². The van der Waals surface area contributed by atoms with E-state index in [1.54, 1.807) is 0 Å². The molecule has 2 saturated heterocycles. The van der Waals surface area contributed by atoms with E-state index in [1.165, 1.54) is 18.4 Å². The Labute approximate surface area is 150 Å². The van der Waals surface area contributed by atoms with Gasteiger partial charge in [0.25, 0.3) is 0 Å². The van der Waals surface area contributed by atoms with Gasteiger partial charge in [0.05, 0.1) is 18.9 Å². The fourth-order valence-corrected chi connectivity index (χ4v) is 5.18. The quantitative estimate of drug-likeness (QED) is 0.834. The monoisotopic (exact) mass is 346 g/mol. The van der Waals surface area contributed by atoms with Crippen molar-refractivity contribution in [1.82, 2.24) is 19.6 Å². The Balaban J connectivity index is 1.44. The number of hydrogen-bond acceptors (Lipinski definition) is 4. The van der Waals surface area contributed by atoms with Crippen LogP contribution in [0.15, 0.2) is 6.20 Å². The molecule has 3 heterocycles. The highest BCUT2D eigenvalue weighted by molar-refractivity contribution is 5.80. The van der Waals surface area contributed by atoms with E-state index in [1.807, 2.05) is 11.7 Å². The van der Waals surface area contributed by atoms with E-state index in [2.05, 4.69) is 28.0 Å². The van der Waals surface area contributed by atoms with Crippen molar-refractivity contribution in [1.29, 1.82) is 0 Å². The summed E-state index contributed by atoms with van der Waals surface area (Å²) in [7, 11) is 1.98. The van der Waals surface area contributed by atoms with E-state index in [4.69, 9.17) is 4.74 Å². The van der Waals surface area contributed by atoms with Crippen molar-refractivity contribution in [3.8, 4) is 0 Å². The van der Waals surface area contributed by atoms with E-state index < -0.39 is 0 Å². The number of likely N-dealkylation sites (tertiary alicyclic amines) is 1. The van der Waals surface area contributed by atoms with Crippen LogP contribution in [-0.4, -0.2) is 64.9 Å². The number of carbonyl (C=O) groups is 1. The average Bonchev–Trinajstić information content (AvgIpc) is 3.29. The molecule has 2 atom stereocenters. The molecule has 1 amide bonds. The lowest BCUT2D eigenvalue weighted by atomic mass is 9.76. The molecular weight excluding hydrogens is 316 g/mol. The fourth-order valence-electron chi connectivity index (χ4n) is 5.18. The predicted octanol–water partition coefficient (Wildman–Crippen LogP) is 1.58. The first-order chi connectivity index (χ1) is 12.1. The van der Waals surface area contributed by atoms with E-state index in [0.29, 0.717) is 19.1 Å². The predicted molar refractivity (Wildman–Crippen MR) is 95.0 cm³/mol. The van der Waals surface area contributed by atoms with Gasteiger partial charge in [0.2, 0.25) is 5.91 Å². The minimum absolute atomic E-state index is 0.200. The molecule has 3 fully saturated rings. The number of aryl methyl sites for hydroxylation is 2. The highest BCUT2D eigenvalue weighted by atomic mass is 16.5. The molecule has 1 spiro atoms. The van der Waals surface area contributed by atoms with Gasteiger partial charge in [0.15, 0.2) is 0 Å². The first-order valence-corrected chi connectivity index (χ1v) is 9.65. The third-order valence-corrected chi connectivity index (χ3v) is 6.50. The Morgan fingerprint density at radius 3 is 2.84 bits per heavy atom. The third kappa shape index (κ3) is 3.22. The third-order valence-electron chi connectivity index (χ3n) is 6.50. The van der Waals surface area contributed by atoms with Crippen LogP contribution in [-0.2, 0) is 23.1 Å². The van der Waals surface area contributed by atoms with E-state index in [0.717, 1.165) is 51.3 Å². The average molecular weight is 346 g/mol. The van der Waals surface area contributed by atoms with Gasteiger partial charge in [-0.1, -0.05) is 6.42 Å². The Kier molecular flexibility index (Phi) is 4.58. The molecule has 1 aliphatic carbocycles. The molecule has 1 aromatic heterocycles. The largest absolute Gasteiger partial charge is 0.378 e. The van der Waals surface area contributed by atoms with Gasteiger partial charge < -0.3 is 9.64 Å². The number of morpholine rings is 1. The molecule has 4 rings (SSSR count). The molecule has 0 bridgehead atoms. The van der Waals surface area contributed by atoms with Gasteiger partial charge in [0.1, 0.15) is 0 Å². The number of aromatic nitrogens is 2. The molecule has 6 heteroatoms. The van der Waals surface area contributed by atoms with Crippen LogP contribution in [0, 0.1) is 18.3 Å². The standard InChI is InChI=1S/C19H30N4O2/c1-15-16(12-21(2)20-15)13-22-7-6-19(14-22)5-3-4-17(19)18(24)23-8-10-25-11-9-23/h12,17H,3-11,13-14H2,1-2H3/t17-,19-/m0/s1. The smallest absolute Gasteiger partial charge is 0.226 e. The molecule has 2 aliphatic heterocycles. The van der Waals surface area contributed by atoms with Crippen molar-refractivity contribution >= 4 is 5.91 Å². The number of amides is 1. The van der Waals surface area contributed by atoms with Crippen LogP contribution in [0.4, 0.5) is 0 Å². The van der Waals surface area contributed by atoms with Crippen molar-refractivity contribution in [3.05, 3.63) is 17.5 Å². The molecule has 0 N–H and O–H groups in total. The van der Waals surface area contributed by atoms with Crippen molar-refractivity contribution < 1.29 is 9.53 Å². The summed E-state index contributed by atoms with van der Waals surface area (Å²) >= 11 is 0. The zero-order valence-corrected chi connectivity index (χ0v) is 15.5. The van der Waals surface area contributed by atoms with Crippen LogP contribution in [0.5, 0.6) is 0 Å². The Bertz CT molecular complexity index is 637. The number of ether oxygens (including phenoxy) is 1. The van der Waals surface area contributed by atoms with Gasteiger partial charge in [-0.15, -0.1) is 0 Å². The maximum Gasteiger partial charge on any atom is 0.226 e. The van der Waals surface area contributed by atoms with Crippen LogP contribution in [0.2, 0.25) is 0 Å².